The fraction of sp³-hybridized carbons (Fsp3) is 0.571. The average molecular weight is 776 g/mol. The van der Waals surface area contributed by atoms with Crippen molar-refractivity contribution in [3.8, 4) is 0 Å². The molecule has 55 heavy (non-hydrogen) atoms. The van der Waals surface area contributed by atoms with Gasteiger partial charge >= 0.3 is 5.97 Å². The molecule has 0 bridgehead atoms. The van der Waals surface area contributed by atoms with Gasteiger partial charge in [0.25, 0.3) is 5.91 Å². The molecule has 2 aromatic rings. The van der Waals surface area contributed by atoms with Gasteiger partial charge in [0, 0.05) is 43.4 Å². The monoisotopic (exact) mass is 775 g/mol. The van der Waals surface area contributed by atoms with E-state index < -0.39 is 67.6 Å². The number of rotatable bonds is 13. The first kappa shape index (κ1) is 40.6. The van der Waals surface area contributed by atoms with Crippen LogP contribution in [0.25, 0.3) is 0 Å². The van der Waals surface area contributed by atoms with Crippen LogP contribution >= 0.6 is 0 Å². The van der Waals surface area contributed by atoms with Crippen LogP contribution in [0.4, 0.5) is 0 Å². The highest BCUT2D eigenvalue weighted by atomic mass is 32.2. The maximum atomic E-state index is 14.8. The molecule has 298 valence electrons. The summed E-state index contributed by atoms with van der Waals surface area (Å²) < 4.78 is 33.3. The highest BCUT2D eigenvalue weighted by molar-refractivity contribution is 7.91. The van der Waals surface area contributed by atoms with Gasteiger partial charge in [-0.25, -0.2) is 8.42 Å². The zero-order valence-corrected chi connectivity index (χ0v) is 33.7. The van der Waals surface area contributed by atoms with E-state index in [1.54, 1.807) is 31.7 Å². The Morgan fingerprint density at radius 2 is 1.47 bits per heavy atom. The molecule has 7 atom stereocenters. The van der Waals surface area contributed by atoms with E-state index in [0.29, 0.717) is 32.4 Å². The van der Waals surface area contributed by atoms with Gasteiger partial charge in [-0.1, -0.05) is 87.5 Å². The number of nitrogens with zero attached hydrogens (tertiary/aromatic N) is 2. The lowest BCUT2D eigenvalue weighted by atomic mass is 9.84. The number of carbonyl (C=O) groups excluding carboxylic acids is 4. The second-order valence-electron chi connectivity index (χ2n) is 17.8. The molecule has 0 aromatic heterocycles. The largest absolute Gasteiger partial charge is 0.459 e. The molecular weight excluding hydrogens is 719 g/mol. The van der Waals surface area contributed by atoms with Crippen LogP contribution in [0.2, 0.25) is 0 Å². The first-order chi connectivity index (χ1) is 25.8. The predicted molar refractivity (Wildman–Crippen MR) is 210 cm³/mol. The molecule has 13 heteroatoms. The lowest BCUT2D eigenvalue weighted by Crippen LogP contribution is -2.60. The van der Waals surface area contributed by atoms with Crippen molar-refractivity contribution in [2.45, 2.75) is 114 Å². The molecule has 3 amide bonds. The van der Waals surface area contributed by atoms with E-state index in [-0.39, 0.29) is 43.3 Å². The Hall–Kier alpha value is -4.07. The molecule has 2 aromatic carbocycles. The lowest BCUT2D eigenvalue weighted by Gasteiger charge is -2.36. The number of hydrogen-bond acceptors (Lipinski definition) is 9. The minimum atomic E-state index is -3.87. The smallest absolute Gasteiger partial charge is 0.320 e. The summed E-state index contributed by atoms with van der Waals surface area (Å²) >= 11 is 0. The summed E-state index contributed by atoms with van der Waals surface area (Å²) in [6, 6.07) is 18.8. The van der Waals surface area contributed by atoms with E-state index in [0.717, 1.165) is 0 Å². The molecular formula is C42H57N5O7S. The van der Waals surface area contributed by atoms with Crippen LogP contribution in [0.15, 0.2) is 73.3 Å². The lowest BCUT2D eigenvalue weighted by molar-refractivity contribution is -0.154. The van der Waals surface area contributed by atoms with Gasteiger partial charge in [-0.15, -0.1) is 6.58 Å². The normalized spacial score (nSPS) is 27.6. The van der Waals surface area contributed by atoms with Crippen molar-refractivity contribution in [1.82, 2.24) is 25.2 Å². The Labute approximate surface area is 325 Å². The Morgan fingerprint density at radius 1 is 0.909 bits per heavy atom. The molecule has 2 aliphatic carbocycles. The number of sulfonamides is 1. The van der Waals surface area contributed by atoms with Crippen molar-refractivity contribution in [2.24, 2.45) is 11.3 Å². The van der Waals surface area contributed by atoms with Crippen molar-refractivity contribution in [3.05, 3.63) is 84.4 Å². The molecule has 4 fully saturated rings. The zero-order valence-electron chi connectivity index (χ0n) is 32.9. The minimum absolute atomic E-state index is 0.179. The Bertz CT molecular complexity index is 1820. The summed E-state index contributed by atoms with van der Waals surface area (Å²) in [6.07, 6.45) is 3.02. The Kier molecular flexibility index (Phi) is 11.4. The van der Waals surface area contributed by atoms with Crippen molar-refractivity contribution in [1.29, 1.82) is 0 Å². The molecule has 2 saturated heterocycles. The molecule has 0 unspecified atom stereocenters. The van der Waals surface area contributed by atoms with Crippen LogP contribution in [-0.2, 0) is 33.9 Å². The van der Waals surface area contributed by atoms with Crippen LogP contribution in [0.3, 0.4) is 0 Å². The molecule has 4 aliphatic rings. The quantitative estimate of drug-likeness (QED) is 0.204. The van der Waals surface area contributed by atoms with Crippen molar-refractivity contribution in [2.75, 3.05) is 26.2 Å². The molecule has 0 radical (unpaired) electrons. The molecule has 2 saturated carbocycles. The van der Waals surface area contributed by atoms with Gasteiger partial charge < -0.3 is 15.0 Å². The maximum Gasteiger partial charge on any atom is 0.320 e. The van der Waals surface area contributed by atoms with Crippen LogP contribution in [0.5, 0.6) is 0 Å². The summed E-state index contributed by atoms with van der Waals surface area (Å²) in [4.78, 5) is 59.7. The summed E-state index contributed by atoms with van der Waals surface area (Å²) in [5.74, 6) is -2.27. The number of carbonyl (C=O) groups is 4. The third-order valence-corrected chi connectivity index (χ3v) is 13.2. The third kappa shape index (κ3) is 9.16. The fourth-order valence-corrected chi connectivity index (χ4v) is 9.65. The van der Waals surface area contributed by atoms with Crippen LogP contribution < -0.4 is 15.4 Å². The number of ether oxygens (including phenoxy) is 1. The van der Waals surface area contributed by atoms with E-state index in [2.05, 4.69) is 51.1 Å². The molecule has 2 aliphatic heterocycles. The summed E-state index contributed by atoms with van der Waals surface area (Å²) in [5, 5.41) is 5.44. The summed E-state index contributed by atoms with van der Waals surface area (Å²) in [6.45, 7) is 16.3. The molecule has 12 nitrogen and oxygen atoms in total. The Morgan fingerprint density at radius 3 is 1.95 bits per heavy atom. The number of hydrogen-bond donors (Lipinski definition) is 3. The second-order valence-corrected chi connectivity index (χ2v) is 19.8. The van der Waals surface area contributed by atoms with Crippen molar-refractivity contribution < 1.29 is 32.3 Å². The predicted octanol–water partition coefficient (Wildman–Crippen LogP) is 3.85. The summed E-state index contributed by atoms with van der Waals surface area (Å²) in [7, 11) is -3.87. The van der Waals surface area contributed by atoms with E-state index in [1.165, 1.54) is 11.1 Å². The van der Waals surface area contributed by atoms with Crippen LogP contribution in [0.1, 0.15) is 90.2 Å². The van der Waals surface area contributed by atoms with E-state index >= 15 is 0 Å². The number of nitrogens with one attached hydrogen (secondary N) is 3. The van der Waals surface area contributed by atoms with Crippen LogP contribution in [0, 0.1) is 11.3 Å². The van der Waals surface area contributed by atoms with Crippen molar-refractivity contribution >= 4 is 33.7 Å². The maximum absolute atomic E-state index is 14.8. The standard InChI is InChI=1S/C42H57N5O7S/c1-8-29-22-42(29,39(51)45-55(52,53)31-19-20-31)44-37(49)34-21-30(24-47(34)38(50)36(40(2,3)4)43-23-35(48)54-41(5,6)7)46-25-32(27-15-11-9-12-16-27)33(26-46)28-17-13-10-14-18-28/h8-18,29-34,36,43H,1,19-26H2,2-7H3,(H,44,49)(H,45,51)/t29-,30-,32-,33+,34+,36-,42-/m1/s1. The number of amides is 3. The molecule has 0 spiro atoms. The highest BCUT2D eigenvalue weighted by Gasteiger charge is 2.62. The van der Waals surface area contributed by atoms with Gasteiger partial charge in [-0.05, 0) is 63.0 Å². The first-order valence-electron chi connectivity index (χ1n) is 19.4. The zero-order chi connectivity index (χ0) is 39.9. The number of likely N-dealkylation sites (tertiary alicyclic amines) is 2. The first-order valence-corrected chi connectivity index (χ1v) is 21.0. The van der Waals surface area contributed by atoms with Gasteiger partial charge in [-0.2, -0.15) is 0 Å². The SMILES string of the molecule is C=C[C@@H]1C[C@]1(NC(=O)[C@@H]1C[C@@H](N2C[C@H](c3ccccc3)[C@H](c3ccccc3)C2)CN1C(=O)[C@@H](NCC(=O)OC(C)(C)C)C(C)(C)C)C(=O)NS(=O)(=O)C1CC1. The van der Waals surface area contributed by atoms with E-state index in [1.807, 2.05) is 57.2 Å². The highest BCUT2D eigenvalue weighted by Crippen LogP contribution is 2.46. The van der Waals surface area contributed by atoms with Crippen LogP contribution in [-0.4, -0.2) is 103 Å². The van der Waals surface area contributed by atoms with Gasteiger partial charge in [0.1, 0.15) is 17.2 Å². The fourth-order valence-electron chi connectivity index (χ4n) is 8.29. The topological polar surface area (TPSA) is 154 Å². The molecule has 2 heterocycles. The van der Waals surface area contributed by atoms with Gasteiger partial charge in [0.2, 0.25) is 21.8 Å². The minimum Gasteiger partial charge on any atom is -0.459 e. The Balaban J connectivity index is 1.29. The molecule has 6 rings (SSSR count). The average Bonchev–Trinajstić information content (AvgIpc) is 4.00. The molecule has 3 N–H and O–H groups in total. The van der Waals surface area contributed by atoms with Gasteiger partial charge in [-0.3, -0.25) is 34.1 Å². The van der Waals surface area contributed by atoms with Gasteiger partial charge in [0.05, 0.1) is 17.8 Å². The number of benzene rings is 2. The van der Waals surface area contributed by atoms with Gasteiger partial charge in [0.15, 0.2) is 0 Å². The van der Waals surface area contributed by atoms with E-state index in [4.69, 9.17) is 4.74 Å². The second kappa shape index (κ2) is 15.5. The number of esters is 1. The third-order valence-electron chi connectivity index (χ3n) is 11.4. The summed E-state index contributed by atoms with van der Waals surface area (Å²) in [5.41, 5.74) is -0.419. The van der Waals surface area contributed by atoms with E-state index in [9.17, 15) is 27.6 Å². The van der Waals surface area contributed by atoms with Crippen molar-refractivity contribution in [3.63, 3.8) is 0 Å².